The summed E-state index contributed by atoms with van der Waals surface area (Å²) in [6.07, 6.45) is 4.90. The van der Waals surface area contributed by atoms with Crippen LogP contribution < -0.4 is 10.5 Å². The molecule has 1 fully saturated rings. The number of likely N-dealkylation sites (N-methyl/N-ethyl adjacent to an activating group) is 1. The average molecular weight is 301 g/mol. The molecule has 0 spiro atoms. The lowest BCUT2D eigenvalue weighted by molar-refractivity contribution is 0.152. The van der Waals surface area contributed by atoms with Gasteiger partial charge in [-0.2, -0.15) is 0 Å². The Morgan fingerprint density at radius 1 is 1.35 bits per heavy atom. The van der Waals surface area contributed by atoms with Gasteiger partial charge < -0.3 is 14.6 Å². The molecule has 6 nitrogen and oxygen atoms in total. The van der Waals surface area contributed by atoms with Crippen molar-refractivity contribution in [2.75, 3.05) is 20.6 Å². The van der Waals surface area contributed by atoms with Gasteiger partial charge in [0.05, 0.1) is 6.54 Å². The number of hydrogen-bond donors (Lipinski definition) is 2. The summed E-state index contributed by atoms with van der Waals surface area (Å²) in [5.41, 5.74) is 0.204. The van der Waals surface area contributed by atoms with Crippen LogP contribution >= 0.6 is 0 Å². The van der Waals surface area contributed by atoms with Crippen LogP contribution in [0, 0.1) is 0 Å². The number of nitrogens with two attached hydrogens (primary N) is 1. The molecule has 114 valence electrons. The summed E-state index contributed by atoms with van der Waals surface area (Å²) in [6.45, 7) is 1.37. The van der Waals surface area contributed by atoms with Crippen molar-refractivity contribution in [3.63, 3.8) is 0 Å². The Morgan fingerprint density at radius 2 is 2.00 bits per heavy atom. The van der Waals surface area contributed by atoms with Crippen molar-refractivity contribution < 1.29 is 12.8 Å². The van der Waals surface area contributed by atoms with Gasteiger partial charge in [0.15, 0.2) is 0 Å². The Labute approximate surface area is 120 Å². The molecule has 1 heterocycles. The van der Waals surface area contributed by atoms with Crippen molar-refractivity contribution >= 4 is 10.0 Å². The molecule has 1 saturated carbocycles. The van der Waals surface area contributed by atoms with Crippen LogP contribution in [0.1, 0.15) is 31.4 Å². The van der Waals surface area contributed by atoms with E-state index in [0.717, 1.165) is 6.54 Å². The van der Waals surface area contributed by atoms with E-state index in [2.05, 4.69) is 24.3 Å². The van der Waals surface area contributed by atoms with E-state index < -0.39 is 10.0 Å². The fourth-order valence-corrected chi connectivity index (χ4v) is 3.32. The number of hydrogen-bond acceptors (Lipinski definition) is 5. The maximum atomic E-state index is 11.1. The highest BCUT2D eigenvalue weighted by Gasteiger charge is 2.35. The van der Waals surface area contributed by atoms with Crippen molar-refractivity contribution in [1.82, 2.24) is 10.2 Å². The second-order valence-electron chi connectivity index (χ2n) is 5.70. The largest absolute Gasteiger partial charge is 0.447 e. The quantitative estimate of drug-likeness (QED) is 0.814. The summed E-state index contributed by atoms with van der Waals surface area (Å²) in [7, 11) is 0.469. The lowest BCUT2D eigenvalue weighted by atomic mass is 9.96. The van der Waals surface area contributed by atoms with Gasteiger partial charge in [0, 0.05) is 12.1 Å². The number of sulfonamides is 1. The SMILES string of the molecule is CN(C)C1(CNCc2ccc(S(N)(=O)=O)o2)CCCC1. The zero-order chi connectivity index (χ0) is 14.8. The number of rotatable bonds is 6. The van der Waals surface area contributed by atoms with E-state index in [4.69, 9.17) is 9.56 Å². The van der Waals surface area contributed by atoms with Crippen molar-refractivity contribution in [2.24, 2.45) is 5.14 Å². The molecule has 0 atom stereocenters. The molecular weight excluding hydrogens is 278 g/mol. The Kier molecular flexibility index (Phi) is 4.53. The minimum Gasteiger partial charge on any atom is -0.447 e. The first-order chi connectivity index (χ1) is 9.33. The zero-order valence-electron chi connectivity index (χ0n) is 12.1. The molecular formula is C13H23N3O3S. The highest BCUT2D eigenvalue weighted by atomic mass is 32.2. The van der Waals surface area contributed by atoms with Crippen molar-refractivity contribution in [3.8, 4) is 0 Å². The molecule has 1 aromatic rings. The molecule has 3 N–H and O–H groups in total. The standard InChI is InChI=1S/C13H23N3O3S/c1-16(2)13(7-3-4-8-13)10-15-9-11-5-6-12(19-11)20(14,17)18/h5-6,15H,3-4,7-10H2,1-2H3,(H2,14,17,18). The molecule has 0 aromatic carbocycles. The Bertz CT molecular complexity index is 545. The van der Waals surface area contributed by atoms with Gasteiger partial charge >= 0.3 is 0 Å². The topological polar surface area (TPSA) is 88.6 Å². The Balaban J connectivity index is 1.91. The van der Waals surface area contributed by atoms with E-state index in [1.165, 1.54) is 31.7 Å². The summed E-state index contributed by atoms with van der Waals surface area (Å²) >= 11 is 0. The van der Waals surface area contributed by atoms with Crippen LogP contribution in [0.3, 0.4) is 0 Å². The molecule has 2 rings (SSSR count). The summed E-state index contributed by atoms with van der Waals surface area (Å²) in [4.78, 5) is 2.28. The number of nitrogens with zero attached hydrogens (tertiary/aromatic N) is 1. The summed E-state index contributed by atoms with van der Waals surface area (Å²) in [6, 6.07) is 3.04. The predicted octanol–water partition coefficient (Wildman–Crippen LogP) is 0.891. The third-order valence-corrected chi connectivity index (χ3v) is 4.93. The van der Waals surface area contributed by atoms with Crippen molar-refractivity contribution in [1.29, 1.82) is 0 Å². The van der Waals surface area contributed by atoms with E-state index in [-0.39, 0.29) is 10.6 Å². The van der Waals surface area contributed by atoms with E-state index in [1.807, 2.05) is 0 Å². The van der Waals surface area contributed by atoms with Gasteiger partial charge in [-0.25, -0.2) is 13.6 Å². The third-order valence-electron chi connectivity index (χ3n) is 4.15. The number of furan rings is 1. The van der Waals surface area contributed by atoms with Gasteiger partial charge in [0.1, 0.15) is 5.76 Å². The molecule has 0 bridgehead atoms. The van der Waals surface area contributed by atoms with Gasteiger partial charge in [-0.05, 0) is 39.1 Å². The highest BCUT2D eigenvalue weighted by molar-refractivity contribution is 7.89. The lowest BCUT2D eigenvalue weighted by Gasteiger charge is -2.36. The Hall–Kier alpha value is -0.890. The fraction of sp³-hybridized carbons (Fsp3) is 0.692. The van der Waals surface area contributed by atoms with Crippen LogP contribution in [0.25, 0.3) is 0 Å². The Morgan fingerprint density at radius 3 is 2.50 bits per heavy atom. The number of primary sulfonamides is 1. The van der Waals surface area contributed by atoms with E-state index in [9.17, 15) is 8.42 Å². The maximum absolute atomic E-state index is 11.1. The van der Waals surface area contributed by atoms with Gasteiger partial charge in [-0.15, -0.1) is 0 Å². The molecule has 0 radical (unpaired) electrons. The molecule has 1 aromatic heterocycles. The third kappa shape index (κ3) is 3.41. The summed E-state index contributed by atoms with van der Waals surface area (Å²) in [5, 5.41) is 8.19. The minimum absolute atomic E-state index is 0.183. The van der Waals surface area contributed by atoms with E-state index in [1.54, 1.807) is 6.07 Å². The van der Waals surface area contributed by atoms with Crippen LogP contribution in [-0.2, 0) is 16.6 Å². The molecule has 20 heavy (non-hydrogen) atoms. The van der Waals surface area contributed by atoms with E-state index >= 15 is 0 Å². The second-order valence-corrected chi connectivity index (χ2v) is 7.19. The molecule has 7 heteroatoms. The molecule has 0 aliphatic heterocycles. The van der Waals surface area contributed by atoms with Gasteiger partial charge in [0.25, 0.3) is 10.0 Å². The first-order valence-corrected chi connectivity index (χ1v) is 8.38. The average Bonchev–Trinajstić information content (AvgIpc) is 2.97. The maximum Gasteiger partial charge on any atom is 0.271 e. The molecule has 0 amide bonds. The second kappa shape index (κ2) is 5.85. The van der Waals surface area contributed by atoms with Gasteiger partial charge in [-0.3, -0.25) is 0 Å². The molecule has 0 unspecified atom stereocenters. The first kappa shape index (κ1) is 15.5. The van der Waals surface area contributed by atoms with Gasteiger partial charge in [0.2, 0.25) is 5.09 Å². The van der Waals surface area contributed by atoms with Crippen molar-refractivity contribution in [2.45, 2.75) is 42.9 Å². The summed E-state index contributed by atoms with van der Waals surface area (Å²) < 4.78 is 27.5. The monoisotopic (exact) mass is 301 g/mol. The summed E-state index contributed by atoms with van der Waals surface area (Å²) in [5.74, 6) is 0.584. The molecule has 0 saturated heterocycles. The van der Waals surface area contributed by atoms with Crippen LogP contribution in [0.15, 0.2) is 21.6 Å². The minimum atomic E-state index is -3.75. The predicted molar refractivity (Wildman–Crippen MR) is 76.7 cm³/mol. The number of nitrogens with one attached hydrogen (secondary N) is 1. The first-order valence-electron chi connectivity index (χ1n) is 6.83. The lowest BCUT2D eigenvalue weighted by Crippen LogP contribution is -2.49. The fourth-order valence-electron chi connectivity index (χ4n) is 2.84. The van der Waals surface area contributed by atoms with Crippen LogP contribution in [-0.4, -0.2) is 39.5 Å². The molecule has 1 aliphatic rings. The smallest absolute Gasteiger partial charge is 0.271 e. The highest BCUT2D eigenvalue weighted by Crippen LogP contribution is 2.33. The van der Waals surface area contributed by atoms with Crippen molar-refractivity contribution in [3.05, 3.63) is 17.9 Å². The van der Waals surface area contributed by atoms with Crippen LogP contribution in [0.2, 0.25) is 0 Å². The van der Waals surface area contributed by atoms with E-state index in [0.29, 0.717) is 12.3 Å². The van der Waals surface area contributed by atoms with Crippen LogP contribution in [0.4, 0.5) is 0 Å². The normalized spacial score (nSPS) is 18.8. The van der Waals surface area contributed by atoms with Crippen LogP contribution in [0.5, 0.6) is 0 Å². The molecule has 1 aliphatic carbocycles. The zero-order valence-corrected chi connectivity index (χ0v) is 12.9. The van der Waals surface area contributed by atoms with Gasteiger partial charge in [-0.1, -0.05) is 12.8 Å².